The number of nitrogens with one attached hydrogen (secondary N) is 2. The van der Waals surface area contributed by atoms with Crippen molar-refractivity contribution in [1.82, 2.24) is 9.97 Å². The Kier molecular flexibility index (Phi) is 6.72. The van der Waals surface area contributed by atoms with Crippen molar-refractivity contribution in [3.63, 3.8) is 0 Å². The van der Waals surface area contributed by atoms with Crippen LogP contribution in [0.3, 0.4) is 0 Å². The fourth-order valence-electron chi connectivity index (χ4n) is 3.05. The summed E-state index contributed by atoms with van der Waals surface area (Å²) in [5.74, 6) is -0.401. The van der Waals surface area contributed by atoms with Crippen LogP contribution < -0.4 is 16.6 Å². The van der Waals surface area contributed by atoms with Gasteiger partial charge in [-0.3, -0.25) is 9.78 Å². The van der Waals surface area contributed by atoms with Gasteiger partial charge in [0.25, 0.3) is 5.56 Å². The van der Waals surface area contributed by atoms with Crippen molar-refractivity contribution in [2.75, 3.05) is 36.7 Å². The number of alkyl halides is 1. The summed E-state index contributed by atoms with van der Waals surface area (Å²) in [7, 11) is 0. The first-order valence-corrected chi connectivity index (χ1v) is 9.77. The summed E-state index contributed by atoms with van der Waals surface area (Å²) in [6.07, 6.45) is 5.25. The molecule has 1 aliphatic rings. The van der Waals surface area contributed by atoms with Crippen molar-refractivity contribution < 1.29 is 9.47 Å². The Morgan fingerprint density at radius 2 is 2.04 bits per heavy atom. The van der Waals surface area contributed by atoms with Crippen molar-refractivity contribution in [3.8, 4) is 0 Å². The first-order chi connectivity index (χ1) is 13.5. The molecule has 0 amide bonds. The Labute approximate surface area is 168 Å². The van der Waals surface area contributed by atoms with Crippen molar-refractivity contribution in [2.45, 2.75) is 25.6 Å². The first-order valence-electron chi connectivity index (χ1n) is 9.24. The van der Waals surface area contributed by atoms with Gasteiger partial charge >= 0.3 is 0 Å². The maximum Gasteiger partial charge on any atom is 0.255 e. The molecule has 1 aromatic heterocycles. The minimum absolute atomic E-state index is 0.154. The Morgan fingerprint density at radius 3 is 2.68 bits per heavy atom. The van der Waals surface area contributed by atoms with Gasteiger partial charge in [-0.05, 0) is 43.5 Å². The number of anilines is 2. The fraction of sp³-hybridized carbons (Fsp3) is 0.400. The molecule has 1 aliphatic heterocycles. The highest BCUT2D eigenvalue weighted by atomic mass is 35.5. The van der Waals surface area contributed by atoms with Crippen LogP contribution in [-0.4, -0.2) is 41.4 Å². The van der Waals surface area contributed by atoms with Gasteiger partial charge in [-0.1, -0.05) is 18.2 Å². The molecule has 8 heteroatoms. The molecule has 28 heavy (non-hydrogen) atoms. The molecule has 0 saturated carbocycles. The SMILES string of the molecule is Cc1nc(N)[nH]c(=O)c1CCCNc1ccc(C=CC2(CCl)OCCO2)cc1. The second-order valence-corrected chi connectivity index (χ2v) is 6.91. The number of H-pyrrole nitrogens is 1. The molecule has 1 fully saturated rings. The zero-order valence-electron chi connectivity index (χ0n) is 15.8. The molecule has 0 radical (unpaired) electrons. The lowest BCUT2D eigenvalue weighted by Crippen LogP contribution is -2.29. The van der Waals surface area contributed by atoms with Crippen molar-refractivity contribution in [1.29, 1.82) is 0 Å². The monoisotopic (exact) mass is 404 g/mol. The van der Waals surface area contributed by atoms with Crippen LogP contribution in [0.25, 0.3) is 6.08 Å². The minimum Gasteiger partial charge on any atom is -0.385 e. The predicted octanol–water partition coefficient (Wildman–Crippen LogP) is 2.70. The summed E-state index contributed by atoms with van der Waals surface area (Å²) >= 11 is 5.96. The van der Waals surface area contributed by atoms with Gasteiger partial charge in [0.1, 0.15) is 0 Å². The second kappa shape index (κ2) is 9.23. The van der Waals surface area contributed by atoms with Crippen LogP contribution in [0.5, 0.6) is 0 Å². The largest absolute Gasteiger partial charge is 0.385 e. The Balaban J connectivity index is 1.49. The predicted molar refractivity (Wildman–Crippen MR) is 112 cm³/mol. The molecule has 0 bridgehead atoms. The molecular weight excluding hydrogens is 380 g/mol. The molecule has 0 unspecified atom stereocenters. The maximum absolute atomic E-state index is 11.9. The van der Waals surface area contributed by atoms with Gasteiger partial charge in [0.2, 0.25) is 11.7 Å². The number of aromatic nitrogens is 2. The molecule has 2 heterocycles. The number of aryl methyl sites for hydroxylation is 1. The number of aromatic amines is 1. The highest BCUT2D eigenvalue weighted by Gasteiger charge is 2.32. The van der Waals surface area contributed by atoms with Crippen LogP contribution in [0.15, 0.2) is 35.1 Å². The molecule has 0 aliphatic carbocycles. The number of hydrogen-bond acceptors (Lipinski definition) is 6. The third-order valence-corrected chi connectivity index (χ3v) is 4.95. The molecule has 1 aromatic carbocycles. The molecule has 150 valence electrons. The standard InChI is InChI=1S/C20H25ClN4O3/c1-14-17(18(26)25-19(22)24-14)3-2-10-23-16-6-4-15(5-7-16)8-9-20(13-21)27-11-12-28-20/h4-9,23H,2-3,10-13H2,1H3,(H3,22,24,25,26). The van der Waals surface area contributed by atoms with E-state index >= 15 is 0 Å². The van der Waals surface area contributed by atoms with E-state index in [-0.39, 0.29) is 17.4 Å². The van der Waals surface area contributed by atoms with E-state index < -0.39 is 5.79 Å². The van der Waals surface area contributed by atoms with E-state index in [1.54, 1.807) is 6.92 Å². The van der Waals surface area contributed by atoms with Gasteiger partial charge < -0.3 is 20.5 Å². The van der Waals surface area contributed by atoms with Crippen molar-refractivity contribution in [3.05, 3.63) is 57.5 Å². The Bertz CT molecular complexity index is 874. The number of nitrogen functional groups attached to an aromatic ring is 1. The normalized spacial score (nSPS) is 15.9. The third kappa shape index (κ3) is 5.13. The molecule has 0 spiro atoms. The van der Waals surface area contributed by atoms with Crippen LogP contribution in [0.2, 0.25) is 0 Å². The molecule has 7 nitrogen and oxygen atoms in total. The van der Waals surface area contributed by atoms with Gasteiger partial charge in [0, 0.05) is 23.5 Å². The van der Waals surface area contributed by atoms with Gasteiger partial charge in [0.05, 0.1) is 19.1 Å². The number of ether oxygens (including phenoxy) is 2. The van der Waals surface area contributed by atoms with Crippen LogP contribution in [-0.2, 0) is 15.9 Å². The number of halogens is 1. The quantitative estimate of drug-likeness (QED) is 0.461. The average Bonchev–Trinajstić information content (AvgIpc) is 3.15. The first kappa shape index (κ1) is 20.4. The lowest BCUT2D eigenvalue weighted by molar-refractivity contribution is -0.0959. The molecule has 0 atom stereocenters. The smallest absolute Gasteiger partial charge is 0.255 e. The van der Waals surface area contributed by atoms with Crippen LogP contribution in [0.1, 0.15) is 23.2 Å². The lowest BCUT2D eigenvalue weighted by atomic mass is 10.1. The summed E-state index contributed by atoms with van der Waals surface area (Å²) in [6, 6.07) is 8.03. The summed E-state index contributed by atoms with van der Waals surface area (Å²) in [4.78, 5) is 18.6. The number of nitrogens with two attached hydrogens (primary N) is 1. The van der Waals surface area contributed by atoms with Crippen molar-refractivity contribution >= 4 is 29.3 Å². The topological polar surface area (TPSA) is 102 Å². The third-order valence-electron chi connectivity index (χ3n) is 4.58. The highest BCUT2D eigenvalue weighted by molar-refractivity contribution is 6.18. The zero-order valence-corrected chi connectivity index (χ0v) is 16.6. The Hall–Kier alpha value is -2.35. The van der Waals surface area contributed by atoms with Crippen LogP contribution >= 0.6 is 11.6 Å². The molecule has 1 saturated heterocycles. The molecule has 4 N–H and O–H groups in total. The van der Waals surface area contributed by atoms with Crippen LogP contribution in [0.4, 0.5) is 11.6 Å². The number of rotatable bonds is 8. The van der Waals surface area contributed by atoms with Gasteiger partial charge in [-0.25, -0.2) is 4.98 Å². The van der Waals surface area contributed by atoms with Gasteiger partial charge in [0.15, 0.2) is 0 Å². The van der Waals surface area contributed by atoms with E-state index in [1.165, 1.54) is 0 Å². The minimum atomic E-state index is -0.814. The van der Waals surface area contributed by atoms with E-state index in [1.807, 2.05) is 36.4 Å². The fourth-order valence-corrected chi connectivity index (χ4v) is 3.29. The Morgan fingerprint density at radius 1 is 1.32 bits per heavy atom. The van der Waals surface area contributed by atoms with E-state index in [4.69, 9.17) is 26.8 Å². The molecule has 2 aromatic rings. The lowest BCUT2D eigenvalue weighted by Gasteiger charge is -2.20. The molecular formula is C20H25ClN4O3. The van der Waals surface area contributed by atoms with E-state index in [9.17, 15) is 4.79 Å². The van der Waals surface area contributed by atoms with E-state index in [0.717, 1.165) is 24.2 Å². The number of hydrogen-bond donors (Lipinski definition) is 3. The summed E-state index contributed by atoms with van der Waals surface area (Å²) in [5.41, 5.74) is 8.79. The van der Waals surface area contributed by atoms with Gasteiger partial charge in [-0.15, -0.1) is 11.6 Å². The number of benzene rings is 1. The second-order valence-electron chi connectivity index (χ2n) is 6.64. The summed E-state index contributed by atoms with van der Waals surface area (Å²) < 4.78 is 11.1. The number of nitrogens with zero attached hydrogens (tertiary/aromatic N) is 1. The van der Waals surface area contributed by atoms with E-state index in [0.29, 0.717) is 30.9 Å². The van der Waals surface area contributed by atoms with Crippen LogP contribution in [0, 0.1) is 6.92 Å². The van der Waals surface area contributed by atoms with Crippen molar-refractivity contribution in [2.24, 2.45) is 0 Å². The zero-order chi connectivity index (χ0) is 20.0. The highest BCUT2D eigenvalue weighted by Crippen LogP contribution is 2.24. The van der Waals surface area contributed by atoms with E-state index in [2.05, 4.69) is 15.3 Å². The molecule has 3 rings (SSSR count). The summed E-state index contributed by atoms with van der Waals surface area (Å²) in [5, 5.41) is 3.36. The van der Waals surface area contributed by atoms with Gasteiger partial charge in [-0.2, -0.15) is 0 Å². The average molecular weight is 405 g/mol. The summed E-state index contributed by atoms with van der Waals surface area (Å²) in [6.45, 7) is 3.65. The maximum atomic E-state index is 11.9.